The van der Waals surface area contributed by atoms with Gasteiger partial charge in [-0.2, -0.15) is 4.31 Å². The first kappa shape index (κ1) is 10.9. The van der Waals surface area contributed by atoms with Gasteiger partial charge in [0.1, 0.15) is 0 Å². The predicted octanol–water partition coefficient (Wildman–Crippen LogP) is 0.0388. The molecule has 0 aromatic carbocycles. The third-order valence-electron chi connectivity index (χ3n) is 1.97. The van der Waals surface area contributed by atoms with Crippen molar-refractivity contribution in [3.63, 3.8) is 0 Å². The van der Waals surface area contributed by atoms with Gasteiger partial charge in [-0.05, 0) is 19.8 Å². The van der Waals surface area contributed by atoms with Crippen molar-refractivity contribution in [2.24, 2.45) is 5.92 Å². The maximum absolute atomic E-state index is 11.5. The summed E-state index contributed by atoms with van der Waals surface area (Å²) in [5.41, 5.74) is -0.947. The zero-order valence-electron chi connectivity index (χ0n) is 8.32. The zero-order valence-corrected chi connectivity index (χ0v) is 9.13. The quantitative estimate of drug-likeness (QED) is 0.695. The second-order valence-electron chi connectivity index (χ2n) is 4.49. The van der Waals surface area contributed by atoms with Crippen LogP contribution in [0.15, 0.2) is 0 Å². The lowest BCUT2D eigenvalue weighted by Crippen LogP contribution is -2.39. The minimum Gasteiger partial charge on any atom is -0.389 e. The van der Waals surface area contributed by atoms with Crippen LogP contribution in [0.2, 0.25) is 0 Å². The average Bonchev–Trinajstić information content (AvgIpc) is 2.00. The standard InChI is InChI=1S/C8H17NO3S/c1-7-4-9(6-8(2,3)10)13(11,12)5-7/h7,10H,4-6H2,1-3H3. The summed E-state index contributed by atoms with van der Waals surface area (Å²) in [4.78, 5) is 0. The minimum absolute atomic E-state index is 0.173. The fourth-order valence-corrected chi connectivity index (χ4v) is 3.60. The monoisotopic (exact) mass is 207 g/mol. The molecular formula is C8H17NO3S. The van der Waals surface area contributed by atoms with Crippen molar-refractivity contribution < 1.29 is 13.5 Å². The molecule has 0 aromatic rings. The van der Waals surface area contributed by atoms with Crippen LogP contribution in [0.4, 0.5) is 0 Å². The molecule has 1 fully saturated rings. The molecule has 78 valence electrons. The van der Waals surface area contributed by atoms with E-state index in [1.54, 1.807) is 13.8 Å². The minimum atomic E-state index is -3.10. The van der Waals surface area contributed by atoms with E-state index in [-0.39, 0.29) is 18.2 Å². The summed E-state index contributed by atoms with van der Waals surface area (Å²) < 4.78 is 24.3. The summed E-state index contributed by atoms with van der Waals surface area (Å²) in [6, 6.07) is 0. The lowest BCUT2D eigenvalue weighted by Gasteiger charge is -2.23. The molecule has 0 aromatic heterocycles. The normalized spacial score (nSPS) is 29.4. The maximum atomic E-state index is 11.5. The van der Waals surface area contributed by atoms with Gasteiger partial charge in [-0.3, -0.25) is 0 Å². The maximum Gasteiger partial charge on any atom is 0.214 e. The van der Waals surface area contributed by atoms with Crippen molar-refractivity contribution in [1.29, 1.82) is 0 Å². The topological polar surface area (TPSA) is 57.6 Å². The molecule has 1 rings (SSSR count). The molecule has 0 spiro atoms. The molecule has 1 aliphatic rings. The third kappa shape index (κ3) is 2.93. The van der Waals surface area contributed by atoms with Gasteiger partial charge in [0, 0.05) is 13.1 Å². The molecule has 0 radical (unpaired) electrons. The molecule has 1 heterocycles. The van der Waals surface area contributed by atoms with E-state index < -0.39 is 15.6 Å². The van der Waals surface area contributed by atoms with Crippen molar-refractivity contribution in [3.05, 3.63) is 0 Å². The van der Waals surface area contributed by atoms with Gasteiger partial charge in [0.15, 0.2) is 0 Å². The van der Waals surface area contributed by atoms with Crippen molar-refractivity contribution in [1.82, 2.24) is 4.31 Å². The Balaban J connectivity index is 2.72. The van der Waals surface area contributed by atoms with Gasteiger partial charge in [0.05, 0.1) is 11.4 Å². The van der Waals surface area contributed by atoms with E-state index in [4.69, 9.17) is 0 Å². The van der Waals surface area contributed by atoms with Crippen molar-refractivity contribution in [3.8, 4) is 0 Å². The predicted molar refractivity (Wildman–Crippen MR) is 50.8 cm³/mol. The Morgan fingerprint density at radius 3 is 2.38 bits per heavy atom. The van der Waals surface area contributed by atoms with Crippen molar-refractivity contribution in [2.75, 3.05) is 18.8 Å². The van der Waals surface area contributed by atoms with Gasteiger partial charge in [-0.1, -0.05) is 6.92 Å². The van der Waals surface area contributed by atoms with Crippen LogP contribution in [0, 0.1) is 5.92 Å². The molecule has 1 aliphatic heterocycles. The Labute approximate surface area is 79.6 Å². The molecule has 0 amide bonds. The highest BCUT2D eigenvalue weighted by atomic mass is 32.2. The second kappa shape index (κ2) is 3.22. The van der Waals surface area contributed by atoms with Crippen LogP contribution in [0.25, 0.3) is 0 Å². The van der Waals surface area contributed by atoms with E-state index >= 15 is 0 Å². The first-order valence-electron chi connectivity index (χ1n) is 4.41. The van der Waals surface area contributed by atoms with Gasteiger partial charge >= 0.3 is 0 Å². The first-order chi connectivity index (χ1) is 5.71. The zero-order chi connectivity index (χ0) is 10.3. The molecule has 0 aliphatic carbocycles. The summed E-state index contributed by atoms with van der Waals surface area (Å²) in [5.74, 6) is 0.385. The van der Waals surface area contributed by atoms with Gasteiger partial charge < -0.3 is 5.11 Å². The number of hydrogen-bond donors (Lipinski definition) is 1. The van der Waals surface area contributed by atoms with Gasteiger partial charge in [-0.15, -0.1) is 0 Å². The van der Waals surface area contributed by atoms with Gasteiger partial charge in [0.25, 0.3) is 0 Å². The second-order valence-corrected chi connectivity index (χ2v) is 6.50. The third-order valence-corrected chi connectivity index (χ3v) is 4.02. The fraction of sp³-hybridized carbons (Fsp3) is 1.00. The van der Waals surface area contributed by atoms with Crippen molar-refractivity contribution in [2.45, 2.75) is 26.4 Å². The van der Waals surface area contributed by atoms with E-state index in [2.05, 4.69) is 0 Å². The summed E-state index contributed by atoms with van der Waals surface area (Å²) in [6.45, 7) is 5.87. The molecule has 1 N–H and O–H groups in total. The average molecular weight is 207 g/mol. The van der Waals surface area contributed by atoms with E-state index in [0.717, 1.165) is 0 Å². The molecule has 13 heavy (non-hydrogen) atoms. The van der Waals surface area contributed by atoms with Gasteiger partial charge in [-0.25, -0.2) is 8.42 Å². The Hall–Kier alpha value is -0.130. The Kier molecular flexibility index (Phi) is 2.71. The summed E-state index contributed by atoms with van der Waals surface area (Å²) >= 11 is 0. The van der Waals surface area contributed by atoms with Crippen molar-refractivity contribution >= 4 is 10.0 Å². The highest BCUT2D eigenvalue weighted by Gasteiger charge is 2.36. The van der Waals surface area contributed by atoms with Crippen LogP contribution in [0.3, 0.4) is 0 Å². The molecule has 5 heteroatoms. The number of hydrogen-bond acceptors (Lipinski definition) is 3. The highest BCUT2D eigenvalue weighted by Crippen LogP contribution is 2.21. The molecular weight excluding hydrogens is 190 g/mol. The SMILES string of the molecule is CC1CN(CC(C)(C)O)S(=O)(=O)C1. The Morgan fingerprint density at radius 1 is 1.54 bits per heavy atom. The molecule has 4 nitrogen and oxygen atoms in total. The molecule has 1 saturated heterocycles. The van der Waals surface area contributed by atoms with Crippen LogP contribution in [0.5, 0.6) is 0 Å². The van der Waals surface area contributed by atoms with Crippen LogP contribution >= 0.6 is 0 Å². The Bertz CT molecular complexity index is 278. The van der Waals surface area contributed by atoms with Gasteiger partial charge in [0.2, 0.25) is 10.0 Å². The number of sulfonamides is 1. The largest absolute Gasteiger partial charge is 0.389 e. The molecule has 0 bridgehead atoms. The number of aliphatic hydroxyl groups is 1. The summed E-state index contributed by atoms with van der Waals surface area (Å²) in [7, 11) is -3.10. The van der Waals surface area contributed by atoms with Crippen LogP contribution in [-0.4, -0.2) is 42.3 Å². The lowest BCUT2D eigenvalue weighted by atomic mass is 10.1. The first-order valence-corrected chi connectivity index (χ1v) is 6.02. The van der Waals surface area contributed by atoms with Crippen LogP contribution < -0.4 is 0 Å². The molecule has 1 atom stereocenters. The Morgan fingerprint density at radius 2 is 2.08 bits per heavy atom. The molecule has 1 unspecified atom stereocenters. The molecule has 0 saturated carbocycles. The lowest BCUT2D eigenvalue weighted by molar-refractivity contribution is 0.0597. The number of nitrogens with zero attached hydrogens (tertiary/aromatic N) is 1. The summed E-state index contributed by atoms with van der Waals surface area (Å²) in [5, 5.41) is 9.49. The van der Waals surface area contributed by atoms with E-state index in [9.17, 15) is 13.5 Å². The van der Waals surface area contributed by atoms with Crippen LogP contribution in [0.1, 0.15) is 20.8 Å². The van der Waals surface area contributed by atoms with Crippen LogP contribution in [-0.2, 0) is 10.0 Å². The smallest absolute Gasteiger partial charge is 0.214 e. The number of β-amino-alcohol motifs (C(OH)–C–C–N with tert-alkyl or cyclic N) is 1. The fourth-order valence-electron chi connectivity index (χ4n) is 1.57. The number of rotatable bonds is 2. The van der Waals surface area contributed by atoms with E-state index in [1.165, 1.54) is 4.31 Å². The highest BCUT2D eigenvalue weighted by molar-refractivity contribution is 7.89. The van der Waals surface area contributed by atoms with E-state index in [1.807, 2.05) is 6.92 Å². The summed E-state index contributed by atoms with van der Waals surface area (Å²) in [6.07, 6.45) is 0. The van der Waals surface area contributed by atoms with E-state index in [0.29, 0.717) is 6.54 Å².